The second kappa shape index (κ2) is 7.48. The third-order valence-electron chi connectivity index (χ3n) is 5.51. The number of furan rings is 1. The average Bonchev–Trinajstić information content (AvgIpc) is 3.29. The zero-order chi connectivity index (χ0) is 18.1. The molecule has 7 heteroatoms. The molecule has 6 nitrogen and oxygen atoms in total. The Hall–Kier alpha value is -1.73. The van der Waals surface area contributed by atoms with Crippen molar-refractivity contribution in [2.24, 2.45) is 7.05 Å². The fraction of sp³-hybridized carbons (Fsp3) is 0.579. The lowest BCUT2D eigenvalue weighted by molar-refractivity contribution is 0.0767. The number of aryl methyl sites for hydroxylation is 1. The topological polar surface area (TPSA) is 54.5 Å². The number of amides is 1. The SMILES string of the molecule is CN(Cc1ccco1)C(=O)c1nn(C)c2c1CC(N1CCSCC1)CC2. The van der Waals surface area contributed by atoms with E-state index in [2.05, 4.69) is 10.00 Å². The zero-order valence-electron chi connectivity index (χ0n) is 15.5. The molecule has 26 heavy (non-hydrogen) atoms. The molecule has 2 aromatic rings. The summed E-state index contributed by atoms with van der Waals surface area (Å²) in [6.07, 6.45) is 4.73. The van der Waals surface area contributed by atoms with Crippen LogP contribution in [0.1, 0.15) is 33.9 Å². The molecule has 0 saturated carbocycles. The first kappa shape index (κ1) is 17.7. The van der Waals surface area contributed by atoms with Crippen LogP contribution in [0.3, 0.4) is 0 Å². The van der Waals surface area contributed by atoms with E-state index in [-0.39, 0.29) is 5.91 Å². The van der Waals surface area contributed by atoms with Crippen LogP contribution in [0.4, 0.5) is 0 Å². The Labute approximate surface area is 158 Å². The van der Waals surface area contributed by atoms with Crippen molar-refractivity contribution in [1.82, 2.24) is 19.6 Å². The molecule has 2 aliphatic rings. The number of fused-ring (bicyclic) bond motifs is 1. The van der Waals surface area contributed by atoms with Crippen molar-refractivity contribution in [2.75, 3.05) is 31.6 Å². The first-order valence-electron chi connectivity index (χ1n) is 9.28. The van der Waals surface area contributed by atoms with Crippen molar-refractivity contribution in [3.05, 3.63) is 41.1 Å². The predicted molar refractivity (Wildman–Crippen MR) is 102 cm³/mol. The molecule has 1 atom stereocenters. The van der Waals surface area contributed by atoms with Gasteiger partial charge in [0.1, 0.15) is 5.76 Å². The monoisotopic (exact) mass is 374 g/mol. The first-order chi connectivity index (χ1) is 12.6. The van der Waals surface area contributed by atoms with Crippen LogP contribution in [0.2, 0.25) is 0 Å². The number of thioether (sulfide) groups is 1. The molecule has 1 saturated heterocycles. The van der Waals surface area contributed by atoms with Crippen molar-refractivity contribution in [2.45, 2.75) is 31.8 Å². The van der Waals surface area contributed by atoms with Gasteiger partial charge in [-0.2, -0.15) is 16.9 Å². The summed E-state index contributed by atoms with van der Waals surface area (Å²) in [4.78, 5) is 17.3. The van der Waals surface area contributed by atoms with E-state index in [1.54, 1.807) is 11.2 Å². The number of rotatable bonds is 4. The summed E-state index contributed by atoms with van der Waals surface area (Å²) >= 11 is 2.04. The van der Waals surface area contributed by atoms with Gasteiger partial charge >= 0.3 is 0 Å². The molecule has 2 aromatic heterocycles. The van der Waals surface area contributed by atoms with Crippen LogP contribution in [0.5, 0.6) is 0 Å². The molecule has 4 rings (SSSR count). The van der Waals surface area contributed by atoms with Crippen LogP contribution in [-0.2, 0) is 26.4 Å². The maximum absolute atomic E-state index is 13.0. The minimum Gasteiger partial charge on any atom is -0.467 e. The van der Waals surface area contributed by atoms with Gasteiger partial charge in [0, 0.05) is 56.0 Å². The van der Waals surface area contributed by atoms with Gasteiger partial charge in [0.25, 0.3) is 5.91 Å². The fourth-order valence-electron chi connectivity index (χ4n) is 4.09. The summed E-state index contributed by atoms with van der Waals surface area (Å²) in [7, 11) is 3.77. The summed E-state index contributed by atoms with van der Waals surface area (Å²) < 4.78 is 7.28. The highest BCUT2D eigenvalue weighted by Crippen LogP contribution is 2.29. The number of aromatic nitrogens is 2. The second-order valence-electron chi connectivity index (χ2n) is 7.18. The van der Waals surface area contributed by atoms with Gasteiger partial charge in [0.2, 0.25) is 0 Å². The summed E-state index contributed by atoms with van der Waals surface area (Å²) in [5.41, 5.74) is 2.99. The molecule has 0 spiro atoms. The van der Waals surface area contributed by atoms with Gasteiger partial charge in [-0.15, -0.1) is 0 Å². The Morgan fingerprint density at radius 1 is 1.42 bits per heavy atom. The lowest BCUT2D eigenvalue weighted by atomic mass is 9.90. The Morgan fingerprint density at radius 2 is 2.23 bits per heavy atom. The molecule has 0 N–H and O–H groups in total. The Balaban J connectivity index is 1.53. The largest absolute Gasteiger partial charge is 0.467 e. The molecule has 0 radical (unpaired) electrons. The highest BCUT2D eigenvalue weighted by Gasteiger charge is 2.32. The summed E-state index contributed by atoms with van der Waals surface area (Å²) in [5, 5.41) is 4.59. The van der Waals surface area contributed by atoms with Gasteiger partial charge in [-0.1, -0.05) is 0 Å². The lowest BCUT2D eigenvalue weighted by Crippen LogP contribution is -2.44. The van der Waals surface area contributed by atoms with Crippen molar-refractivity contribution < 1.29 is 9.21 Å². The lowest BCUT2D eigenvalue weighted by Gasteiger charge is -2.36. The highest BCUT2D eigenvalue weighted by atomic mass is 32.2. The van der Waals surface area contributed by atoms with Crippen LogP contribution < -0.4 is 0 Å². The van der Waals surface area contributed by atoms with E-state index in [4.69, 9.17) is 4.42 Å². The number of hydrogen-bond acceptors (Lipinski definition) is 5. The third-order valence-corrected chi connectivity index (χ3v) is 6.46. The average molecular weight is 375 g/mol. The molecule has 1 unspecified atom stereocenters. The van der Waals surface area contributed by atoms with Crippen molar-refractivity contribution >= 4 is 17.7 Å². The smallest absolute Gasteiger partial charge is 0.274 e. The van der Waals surface area contributed by atoms with Crippen molar-refractivity contribution in [3.63, 3.8) is 0 Å². The third kappa shape index (κ3) is 3.42. The fourth-order valence-corrected chi connectivity index (χ4v) is 5.02. The molecule has 1 amide bonds. The quantitative estimate of drug-likeness (QED) is 0.821. The van der Waals surface area contributed by atoms with Crippen molar-refractivity contribution in [3.8, 4) is 0 Å². The van der Waals surface area contributed by atoms with Crippen molar-refractivity contribution in [1.29, 1.82) is 0 Å². The van der Waals surface area contributed by atoms with Crippen LogP contribution >= 0.6 is 11.8 Å². The molecule has 1 aliphatic heterocycles. The molecule has 3 heterocycles. The summed E-state index contributed by atoms with van der Waals surface area (Å²) in [6.45, 7) is 2.78. The number of nitrogens with zero attached hydrogens (tertiary/aromatic N) is 4. The Kier molecular flexibility index (Phi) is 5.09. The van der Waals surface area contributed by atoms with Gasteiger partial charge in [0.15, 0.2) is 5.69 Å². The normalized spacial score (nSPS) is 20.8. The first-order valence-corrected chi connectivity index (χ1v) is 10.4. The minimum atomic E-state index is -0.0203. The van der Waals surface area contributed by atoms with Crippen LogP contribution in [0, 0.1) is 0 Å². The summed E-state index contributed by atoms with van der Waals surface area (Å²) in [6, 6.07) is 4.27. The zero-order valence-corrected chi connectivity index (χ0v) is 16.3. The molecular formula is C19H26N4O2S. The minimum absolute atomic E-state index is 0.0203. The van der Waals surface area contributed by atoms with Crippen LogP contribution in [-0.4, -0.2) is 63.2 Å². The standard InChI is InChI=1S/C19H26N4O2S/c1-21(13-15-4-3-9-25-15)19(24)18-16-12-14(23-7-10-26-11-8-23)5-6-17(16)22(2)20-18/h3-4,9,14H,5-8,10-13H2,1-2H3. The molecule has 0 bridgehead atoms. The Bertz CT molecular complexity index is 765. The van der Waals surface area contributed by atoms with E-state index in [0.29, 0.717) is 18.3 Å². The molecule has 140 valence electrons. The maximum Gasteiger partial charge on any atom is 0.274 e. The van der Waals surface area contributed by atoms with E-state index in [9.17, 15) is 4.79 Å². The van der Waals surface area contributed by atoms with Gasteiger partial charge in [-0.25, -0.2) is 0 Å². The van der Waals surface area contributed by atoms with E-state index in [1.807, 2.05) is 42.7 Å². The van der Waals surface area contributed by atoms with Gasteiger partial charge in [-0.3, -0.25) is 14.4 Å². The van der Waals surface area contributed by atoms with E-state index < -0.39 is 0 Å². The van der Waals surface area contributed by atoms with Gasteiger partial charge in [0.05, 0.1) is 12.8 Å². The molecule has 1 aliphatic carbocycles. The van der Waals surface area contributed by atoms with E-state index in [0.717, 1.165) is 43.7 Å². The predicted octanol–water partition coefficient (Wildman–Crippen LogP) is 2.19. The molecule has 0 aromatic carbocycles. The molecule has 1 fully saturated rings. The van der Waals surface area contributed by atoms with E-state index >= 15 is 0 Å². The maximum atomic E-state index is 13.0. The van der Waals surface area contributed by atoms with Crippen LogP contribution in [0.15, 0.2) is 22.8 Å². The van der Waals surface area contributed by atoms with Gasteiger partial charge < -0.3 is 9.32 Å². The second-order valence-corrected chi connectivity index (χ2v) is 8.41. The van der Waals surface area contributed by atoms with Gasteiger partial charge in [-0.05, 0) is 31.4 Å². The number of carbonyl (C=O) groups excluding carboxylic acids is 1. The summed E-state index contributed by atoms with van der Waals surface area (Å²) in [5.74, 6) is 3.20. The van der Waals surface area contributed by atoms with Crippen LogP contribution in [0.25, 0.3) is 0 Å². The Morgan fingerprint density at radius 3 is 2.96 bits per heavy atom. The highest BCUT2D eigenvalue weighted by molar-refractivity contribution is 7.99. The van der Waals surface area contributed by atoms with E-state index in [1.165, 1.54) is 17.2 Å². The molecular weight excluding hydrogens is 348 g/mol. The number of hydrogen-bond donors (Lipinski definition) is 0. The number of carbonyl (C=O) groups is 1.